The van der Waals surface area contributed by atoms with E-state index in [-0.39, 0.29) is 29.2 Å². The first kappa shape index (κ1) is 23.0. The molecule has 1 fully saturated rings. The fraction of sp³-hybridized carbons (Fsp3) is 0.167. The third kappa shape index (κ3) is 4.38. The molecule has 1 heterocycles. The lowest BCUT2D eigenvalue weighted by atomic mass is 9.99. The predicted molar refractivity (Wildman–Crippen MR) is 127 cm³/mol. The van der Waals surface area contributed by atoms with Crippen molar-refractivity contribution >= 4 is 46.4 Å². The summed E-state index contributed by atoms with van der Waals surface area (Å²) in [6.07, 6.45) is -0.995. The maximum atomic E-state index is 14.4. The van der Waals surface area contributed by atoms with Crippen LogP contribution in [-0.4, -0.2) is 38.1 Å². The van der Waals surface area contributed by atoms with E-state index >= 15 is 0 Å². The van der Waals surface area contributed by atoms with Crippen molar-refractivity contribution in [3.63, 3.8) is 0 Å². The van der Waals surface area contributed by atoms with Crippen molar-refractivity contribution in [2.45, 2.75) is 6.17 Å². The number of benzene rings is 3. The number of primary amides is 1. The molecule has 1 aliphatic rings. The largest absolute Gasteiger partial charge is 0.366 e. The summed E-state index contributed by atoms with van der Waals surface area (Å²) in [5.74, 6) is -1.97. The summed E-state index contributed by atoms with van der Waals surface area (Å²) in [5, 5.41) is 0.390. The number of carbonyl (C=O) groups is 2. The third-order valence-electron chi connectivity index (χ3n) is 5.56. The van der Waals surface area contributed by atoms with E-state index in [9.17, 15) is 18.4 Å². The van der Waals surface area contributed by atoms with Gasteiger partial charge in [-0.15, -0.1) is 0 Å². The molecule has 3 aromatic carbocycles. The van der Waals surface area contributed by atoms with Crippen LogP contribution in [0.1, 0.15) is 20.7 Å². The van der Waals surface area contributed by atoms with Gasteiger partial charge in [0, 0.05) is 23.2 Å². The van der Waals surface area contributed by atoms with Gasteiger partial charge in [0.15, 0.2) is 0 Å². The number of nitrogens with two attached hydrogens (primary N) is 1. The second-order valence-electron chi connectivity index (χ2n) is 7.73. The van der Waals surface area contributed by atoms with Crippen LogP contribution in [0.25, 0.3) is 11.1 Å². The van der Waals surface area contributed by atoms with Crippen LogP contribution in [0.15, 0.2) is 54.6 Å². The molecule has 33 heavy (non-hydrogen) atoms. The Morgan fingerprint density at radius 2 is 1.79 bits per heavy atom. The first-order valence-electron chi connectivity index (χ1n) is 10.0. The summed E-state index contributed by atoms with van der Waals surface area (Å²) < 4.78 is 28.0. The number of rotatable bonds is 5. The van der Waals surface area contributed by atoms with Gasteiger partial charge in [-0.05, 0) is 48.0 Å². The summed E-state index contributed by atoms with van der Waals surface area (Å²) >= 11 is 12.4. The molecule has 0 aromatic heterocycles. The van der Waals surface area contributed by atoms with Crippen molar-refractivity contribution in [2.24, 2.45) is 5.73 Å². The molecule has 2 N–H and O–H groups in total. The van der Waals surface area contributed by atoms with Gasteiger partial charge in [0.05, 0.1) is 35.1 Å². The zero-order chi connectivity index (χ0) is 23.9. The summed E-state index contributed by atoms with van der Waals surface area (Å²) in [6, 6.07) is 13.8. The Bertz CT molecular complexity index is 1240. The number of carbonyl (C=O) groups excluding carboxylic acids is 2. The molecular formula is C24H19Cl2F2N3O2. The van der Waals surface area contributed by atoms with Crippen LogP contribution >= 0.6 is 23.2 Å². The quantitative estimate of drug-likeness (QED) is 0.526. The Morgan fingerprint density at radius 1 is 1.06 bits per heavy atom. The molecule has 3 aromatic rings. The van der Waals surface area contributed by atoms with Crippen molar-refractivity contribution < 1.29 is 18.4 Å². The molecule has 0 bridgehead atoms. The van der Waals surface area contributed by atoms with E-state index in [2.05, 4.69) is 0 Å². The molecule has 0 unspecified atom stereocenters. The van der Waals surface area contributed by atoms with Crippen molar-refractivity contribution in [3.05, 3.63) is 81.6 Å². The number of amides is 2. The maximum absolute atomic E-state index is 14.4. The Labute approximate surface area is 199 Å². The van der Waals surface area contributed by atoms with Gasteiger partial charge < -0.3 is 15.5 Å². The molecule has 5 nitrogen and oxygen atoms in total. The fourth-order valence-corrected chi connectivity index (χ4v) is 4.20. The average molecular weight is 490 g/mol. The van der Waals surface area contributed by atoms with Crippen LogP contribution in [-0.2, 0) is 0 Å². The molecule has 0 atom stereocenters. The van der Waals surface area contributed by atoms with Gasteiger partial charge in [0.1, 0.15) is 12.0 Å². The average Bonchev–Trinajstić information content (AvgIpc) is 2.76. The molecule has 0 spiro atoms. The first-order valence-corrected chi connectivity index (χ1v) is 10.8. The summed E-state index contributed by atoms with van der Waals surface area (Å²) in [4.78, 5) is 27.8. The standard InChI is InChI=1S/C24H19Cl2F2N3O2/c1-30(24(33)22-18(26)3-2-4-19(22)28)20-8-6-13(10-21(20)31-11-15(27)12-31)16-9-14(23(29)32)5-7-17(16)25/h2-10,15H,11-12H2,1H3,(H2,29,32). The van der Waals surface area contributed by atoms with E-state index in [0.717, 1.165) is 6.07 Å². The molecule has 1 aliphatic heterocycles. The van der Waals surface area contributed by atoms with Crippen LogP contribution in [0.4, 0.5) is 20.2 Å². The smallest absolute Gasteiger partial charge is 0.262 e. The third-order valence-corrected chi connectivity index (χ3v) is 6.20. The Morgan fingerprint density at radius 3 is 2.42 bits per heavy atom. The molecule has 170 valence electrons. The Hall–Kier alpha value is -3.16. The Kier molecular flexibility index (Phi) is 6.28. The molecule has 0 radical (unpaired) electrons. The monoisotopic (exact) mass is 489 g/mol. The van der Waals surface area contributed by atoms with E-state index in [4.69, 9.17) is 28.9 Å². The van der Waals surface area contributed by atoms with Crippen molar-refractivity contribution in [2.75, 3.05) is 29.9 Å². The molecule has 9 heteroatoms. The maximum Gasteiger partial charge on any atom is 0.262 e. The molecule has 0 aliphatic carbocycles. The van der Waals surface area contributed by atoms with E-state index in [1.54, 1.807) is 35.2 Å². The lowest BCUT2D eigenvalue weighted by Gasteiger charge is -2.39. The Balaban J connectivity index is 1.79. The van der Waals surface area contributed by atoms with E-state index in [0.29, 0.717) is 27.5 Å². The first-order chi connectivity index (χ1) is 15.7. The van der Waals surface area contributed by atoms with Gasteiger partial charge in [0.2, 0.25) is 5.91 Å². The van der Waals surface area contributed by atoms with Crippen LogP contribution in [0, 0.1) is 5.82 Å². The number of halogens is 4. The second kappa shape index (κ2) is 9.00. The highest BCUT2D eigenvalue weighted by Crippen LogP contribution is 2.39. The van der Waals surface area contributed by atoms with Crippen LogP contribution < -0.4 is 15.5 Å². The van der Waals surface area contributed by atoms with Gasteiger partial charge in [-0.3, -0.25) is 9.59 Å². The van der Waals surface area contributed by atoms with Crippen molar-refractivity contribution in [1.29, 1.82) is 0 Å². The number of alkyl halides is 1. The molecule has 1 saturated heterocycles. The molecule has 0 saturated carbocycles. The lowest BCUT2D eigenvalue weighted by molar-refractivity contribution is 0.0985. The topological polar surface area (TPSA) is 66.6 Å². The van der Waals surface area contributed by atoms with Gasteiger partial charge in [0.25, 0.3) is 5.91 Å². The minimum atomic E-state index is -0.995. The van der Waals surface area contributed by atoms with Crippen LogP contribution in [0.5, 0.6) is 0 Å². The minimum absolute atomic E-state index is 0.00663. The second-order valence-corrected chi connectivity index (χ2v) is 8.54. The SMILES string of the molecule is CN(C(=O)c1c(F)cccc1Cl)c1ccc(-c2cc(C(N)=O)ccc2Cl)cc1N1CC(F)C1. The van der Waals surface area contributed by atoms with Crippen molar-refractivity contribution in [3.8, 4) is 11.1 Å². The van der Waals surface area contributed by atoms with Gasteiger partial charge in [-0.2, -0.15) is 0 Å². The van der Waals surface area contributed by atoms with Crippen LogP contribution in [0.2, 0.25) is 10.0 Å². The van der Waals surface area contributed by atoms with E-state index in [1.807, 2.05) is 0 Å². The highest BCUT2D eigenvalue weighted by molar-refractivity contribution is 6.35. The summed E-state index contributed by atoms with van der Waals surface area (Å²) in [6.45, 7) is 0.294. The highest BCUT2D eigenvalue weighted by Gasteiger charge is 2.31. The zero-order valence-corrected chi connectivity index (χ0v) is 19.0. The van der Waals surface area contributed by atoms with E-state index in [1.165, 1.54) is 30.1 Å². The number of hydrogen-bond donors (Lipinski definition) is 1. The lowest BCUT2D eigenvalue weighted by Crippen LogP contribution is -2.49. The van der Waals surface area contributed by atoms with E-state index < -0.39 is 23.8 Å². The number of nitrogens with zero attached hydrogens (tertiary/aromatic N) is 2. The highest BCUT2D eigenvalue weighted by atomic mass is 35.5. The van der Waals surface area contributed by atoms with Crippen LogP contribution in [0.3, 0.4) is 0 Å². The fourth-order valence-electron chi connectivity index (χ4n) is 3.73. The number of anilines is 2. The molecule has 4 rings (SSSR count). The minimum Gasteiger partial charge on any atom is -0.366 e. The predicted octanol–water partition coefficient (Wildman–Crippen LogP) is 5.33. The van der Waals surface area contributed by atoms with Gasteiger partial charge in [-0.1, -0.05) is 35.3 Å². The normalized spacial score (nSPS) is 13.5. The summed E-state index contributed by atoms with van der Waals surface area (Å²) in [5.41, 5.74) is 7.64. The zero-order valence-electron chi connectivity index (χ0n) is 17.5. The molecule has 2 amide bonds. The number of hydrogen-bond acceptors (Lipinski definition) is 3. The summed E-state index contributed by atoms with van der Waals surface area (Å²) in [7, 11) is 1.50. The van der Waals surface area contributed by atoms with Gasteiger partial charge >= 0.3 is 0 Å². The van der Waals surface area contributed by atoms with Gasteiger partial charge in [-0.25, -0.2) is 8.78 Å². The molecular weight excluding hydrogens is 471 g/mol. The van der Waals surface area contributed by atoms with Crippen molar-refractivity contribution in [1.82, 2.24) is 0 Å².